The molecule has 2 rings (SSSR count). The summed E-state index contributed by atoms with van der Waals surface area (Å²) in [7, 11) is 0. The predicted octanol–water partition coefficient (Wildman–Crippen LogP) is 5.62. The van der Waals surface area contributed by atoms with Crippen molar-refractivity contribution in [1.29, 1.82) is 0 Å². The summed E-state index contributed by atoms with van der Waals surface area (Å²) >= 11 is 9.03. The molecule has 112 valence electrons. The fourth-order valence-corrected chi connectivity index (χ4v) is 2.58. The van der Waals surface area contributed by atoms with Gasteiger partial charge in [0.25, 0.3) is 0 Å². The maximum Gasteiger partial charge on any atom is 0.149 e. The molecule has 0 heterocycles. The highest BCUT2D eigenvalue weighted by molar-refractivity contribution is 9.10. The molecule has 0 aliphatic carbocycles. The third-order valence-corrected chi connectivity index (χ3v) is 4.71. The monoisotopic (exact) mass is 370 g/mol. The number of benzene rings is 2. The molecule has 21 heavy (non-hydrogen) atoms. The van der Waals surface area contributed by atoms with Crippen LogP contribution in [0.5, 0.6) is 0 Å². The Hall–Kier alpha value is -0.900. The molecule has 0 spiro atoms. The molecule has 0 amide bonds. The van der Waals surface area contributed by atoms with Gasteiger partial charge in [-0.2, -0.15) is 0 Å². The molecular weight excluding hydrogens is 355 g/mol. The third kappa shape index (κ3) is 3.47. The van der Waals surface area contributed by atoms with Gasteiger partial charge in [0, 0.05) is 10.0 Å². The van der Waals surface area contributed by atoms with Crippen LogP contribution in [0, 0.1) is 5.82 Å². The summed E-state index contributed by atoms with van der Waals surface area (Å²) in [5.41, 5.74) is 2.01. The van der Waals surface area contributed by atoms with Gasteiger partial charge in [0.15, 0.2) is 0 Å². The van der Waals surface area contributed by atoms with Crippen molar-refractivity contribution >= 4 is 27.5 Å². The lowest BCUT2D eigenvalue weighted by Gasteiger charge is -2.20. The van der Waals surface area contributed by atoms with E-state index in [0.717, 1.165) is 5.56 Å². The summed E-state index contributed by atoms with van der Waals surface area (Å²) in [6.07, 6.45) is -1.04. The van der Waals surface area contributed by atoms with Crippen LogP contribution < -0.4 is 0 Å². The van der Waals surface area contributed by atoms with Crippen LogP contribution in [0.1, 0.15) is 43.6 Å². The Morgan fingerprint density at radius 3 is 2.19 bits per heavy atom. The molecule has 2 aromatic carbocycles. The summed E-state index contributed by atoms with van der Waals surface area (Å²) in [4.78, 5) is 0. The van der Waals surface area contributed by atoms with Crippen molar-refractivity contribution in [2.75, 3.05) is 0 Å². The molecule has 0 aliphatic heterocycles. The second-order valence-electron chi connectivity index (χ2n) is 6.04. The van der Waals surface area contributed by atoms with Gasteiger partial charge in [-0.3, -0.25) is 0 Å². The highest BCUT2D eigenvalue weighted by Crippen LogP contribution is 2.33. The second kappa shape index (κ2) is 6.07. The van der Waals surface area contributed by atoms with Crippen molar-refractivity contribution in [3.05, 3.63) is 68.4 Å². The molecule has 4 heteroatoms. The summed E-state index contributed by atoms with van der Waals surface area (Å²) in [5.74, 6) is -0.599. The average molecular weight is 372 g/mol. The first-order chi connectivity index (χ1) is 9.71. The van der Waals surface area contributed by atoms with E-state index < -0.39 is 11.9 Å². The van der Waals surface area contributed by atoms with E-state index in [9.17, 15) is 9.50 Å². The largest absolute Gasteiger partial charge is 0.384 e. The summed E-state index contributed by atoms with van der Waals surface area (Å²) < 4.78 is 14.6. The molecule has 0 bridgehead atoms. The Balaban J connectivity index is 2.37. The van der Waals surface area contributed by atoms with E-state index >= 15 is 0 Å². The quantitative estimate of drug-likeness (QED) is 0.679. The van der Waals surface area contributed by atoms with E-state index in [2.05, 4.69) is 36.7 Å². The van der Waals surface area contributed by atoms with Crippen molar-refractivity contribution in [2.45, 2.75) is 32.3 Å². The first-order valence-electron chi connectivity index (χ1n) is 6.63. The molecule has 0 saturated carbocycles. The summed E-state index contributed by atoms with van der Waals surface area (Å²) in [6, 6.07) is 10.7. The highest BCUT2D eigenvalue weighted by Gasteiger charge is 2.20. The zero-order chi connectivity index (χ0) is 15.8. The lowest BCUT2D eigenvalue weighted by atomic mass is 9.86. The van der Waals surface area contributed by atoms with Gasteiger partial charge in [-0.25, -0.2) is 4.39 Å². The van der Waals surface area contributed by atoms with Gasteiger partial charge in [-0.15, -0.1) is 0 Å². The predicted molar refractivity (Wildman–Crippen MR) is 88.3 cm³/mol. The SMILES string of the molecule is CC(C)(C)c1ccc(C(O)c2ccc(Br)c(Cl)c2F)cc1. The highest BCUT2D eigenvalue weighted by atomic mass is 79.9. The van der Waals surface area contributed by atoms with E-state index in [4.69, 9.17) is 11.6 Å². The Kier molecular flexibility index (Phi) is 4.76. The van der Waals surface area contributed by atoms with Gasteiger partial charge < -0.3 is 5.11 Å². The van der Waals surface area contributed by atoms with Crippen molar-refractivity contribution in [3.63, 3.8) is 0 Å². The number of rotatable bonds is 2. The Morgan fingerprint density at radius 1 is 1.10 bits per heavy atom. The van der Waals surface area contributed by atoms with Gasteiger partial charge >= 0.3 is 0 Å². The van der Waals surface area contributed by atoms with Gasteiger partial charge in [-0.05, 0) is 38.5 Å². The molecular formula is C17H17BrClFO. The maximum absolute atomic E-state index is 14.1. The smallest absolute Gasteiger partial charge is 0.149 e. The van der Waals surface area contributed by atoms with E-state index in [1.807, 2.05) is 24.3 Å². The summed E-state index contributed by atoms with van der Waals surface area (Å²) in [5, 5.41) is 10.4. The molecule has 0 fully saturated rings. The number of aliphatic hydroxyl groups is 1. The Morgan fingerprint density at radius 2 is 1.67 bits per heavy atom. The van der Waals surface area contributed by atoms with Crippen LogP contribution >= 0.6 is 27.5 Å². The second-order valence-corrected chi connectivity index (χ2v) is 7.27. The fraction of sp³-hybridized carbons (Fsp3) is 0.294. The Labute approximate surface area is 137 Å². The lowest BCUT2D eigenvalue weighted by molar-refractivity contribution is 0.215. The molecule has 0 aliphatic rings. The number of halogens is 3. The van der Waals surface area contributed by atoms with Crippen molar-refractivity contribution in [2.24, 2.45) is 0 Å². The van der Waals surface area contributed by atoms with Crippen molar-refractivity contribution in [1.82, 2.24) is 0 Å². The zero-order valence-corrected chi connectivity index (χ0v) is 14.5. The van der Waals surface area contributed by atoms with Crippen LogP contribution in [-0.2, 0) is 5.41 Å². The minimum atomic E-state index is -1.04. The lowest BCUT2D eigenvalue weighted by Crippen LogP contribution is -2.11. The first-order valence-corrected chi connectivity index (χ1v) is 7.81. The van der Waals surface area contributed by atoms with Gasteiger partial charge in [0.1, 0.15) is 11.9 Å². The molecule has 0 saturated heterocycles. The molecule has 2 aromatic rings. The van der Waals surface area contributed by atoms with Crippen LogP contribution in [0.3, 0.4) is 0 Å². The van der Waals surface area contributed by atoms with Gasteiger partial charge in [0.2, 0.25) is 0 Å². The number of aliphatic hydroxyl groups excluding tert-OH is 1. The molecule has 0 radical (unpaired) electrons. The number of hydrogen-bond donors (Lipinski definition) is 1. The molecule has 1 unspecified atom stereocenters. The van der Waals surface area contributed by atoms with Gasteiger partial charge in [-0.1, -0.05) is 62.7 Å². The first kappa shape index (κ1) is 16.5. The number of hydrogen-bond acceptors (Lipinski definition) is 1. The van der Waals surface area contributed by atoms with Crippen LogP contribution in [-0.4, -0.2) is 5.11 Å². The van der Waals surface area contributed by atoms with E-state index in [1.165, 1.54) is 6.07 Å². The minimum Gasteiger partial charge on any atom is -0.384 e. The van der Waals surface area contributed by atoms with E-state index in [1.54, 1.807) is 6.07 Å². The Bertz CT molecular complexity index is 647. The molecule has 1 N–H and O–H groups in total. The van der Waals surface area contributed by atoms with Crippen LogP contribution in [0.4, 0.5) is 4.39 Å². The van der Waals surface area contributed by atoms with Crippen LogP contribution in [0.15, 0.2) is 40.9 Å². The molecule has 0 aromatic heterocycles. The fourth-order valence-electron chi connectivity index (χ4n) is 2.10. The third-order valence-electron chi connectivity index (χ3n) is 3.45. The minimum absolute atomic E-state index is 0.0159. The summed E-state index contributed by atoms with van der Waals surface area (Å²) in [6.45, 7) is 6.35. The zero-order valence-electron chi connectivity index (χ0n) is 12.1. The maximum atomic E-state index is 14.1. The normalized spacial score (nSPS) is 13.3. The van der Waals surface area contributed by atoms with Crippen LogP contribution in [0.2, 0.25) is 5.02 Å². The topological polar surface area (TPSA) is 20.2 Å². The molecule has 1 nitrogen and oxygen atoms in total. The van der Waals surface area contributed by atoms with Gasteiger partial charge in [0.05, 0.1) is 5.02 Å². The molecule has 1 atom stereocenters. The van der Waals surface area contributed by atoms with Crippen LogP contribution in [0.25, 0.3) is 0 Å². The van der Waals surface area contributed by atoms with E-state index in [0.29, 0.717) is 10.0 Å². The van der Waals surface area contributed by atoms with Crippen molar-refractivity contribution < 1.29 is 9.50 Å². The standard InChI is InChI=1S/C17H17BrClFO/c1-17(2,3)11-6-4-10(5-7-11)16(21)12-8-9-13(18)14(19)15(12)20/h4-9,16,21H,1-3H3. The van der Waals surface area contributed by atoms with E-state index in [-0.39, 0.29) is 16.0 Å². The average Bonchev–Trinajstić information content (AvgIpc) is 2.43. The van der Waals surface area contributed by atoms with Crippen molar-refractivity contribution in [3.8, 4) is 0 Å².